The molecule has 3 heterocycles. The smallest absolute Gasteiger partial charge is 0.256 e. The van der Waals surface area contributed by atoms with Crippen LogP contribution in [0.3, 0.4) is 0 Å². The van der Waals surface area contributed by atoms with Crippen LogP contribution in [0.15, 0.2) is 60.1 Å². The quantitative estimate of drug-likeness (QED) is 0.538. The Balaban J connectivity index is 1.29. The summed E-state index contributed by atoms with van der Waals surface area (Å²) in [5, 5.41) is 7.73. The SMILES string of the molecule is O=C(CCCc1cccs1)Nc1cccc(C(=O)Nc2ccc(N3CCOCC3)cn2)c1. The number of hydrogen-bond donors (Lipinski definition) is 2. The molecule has 0 saturated carbocycles. The molecule has 1 aromatic carbocycles. The number of nitrogens with one attached hydrogen (secondary N) is 2. The molecule has 0 bridgehead atoms. The molecule has 7 nitrogen and oxygen atoms in total. The summed E-state index contributed by atoms with van der Waals surface area (Å²) >= 11 is 1.70. The lowest BCUT2D eigenvalue weighted by Crippen LogP contribution is -2.36. The van der Waals surface area contributed by atoms with Crippen LogP contribution >= 0.6 is 11.3 Å². The minimum Gasteiger partial charge on any atom is -0.378 e. The van der Waals surface area contributed by atoms with Crippen molar-refractivity contribution >= 4 is 40.3 Å². The maximum Gasteiger partial charge on any atom is 0.256 e. The van der Waals surface area contributed by atoms with Crippen LogP contribution in [0.25, 0.3) is 0 Å². The second kappa shape index (κ2) is 10.9. The fourth-order valence-electron chi connectivity index (χ4n) is 3.50. The third kappa shape index (κ3) is 6.15. The number of hydrogen-bond acceptors (Lipinski definition) is 6. The predicted octanol–water partition coefficient (Wildman–Crippen LogP) is 4.19. The lowest BCUT2D eigenvalue weighted by atomic mass is 10.1. The average molecular weight is 451 g/mol. The Hall–Kier alpha value is -3.23. The number of morpholine rings is 1. The van der Waals surface area contributed by atoms with Gasteiger partial charge in [-0.1, -0.05) is 12.1 Å². The van der Waals surface area contributed by atoms with E-state index in [4.69, 9.17) is 4.74 Å². The Labute approximate surface area is 191 Å². The van der Waals surface area contributed by atoms with Crippen LogP contribution in [0, 0.1) is 0 Å². The van der Waals surface area contributed by atoms with Gasteiger partial charge in [0.2, 0.25) is 5.91 Å². The summed E-state index contributed by atoms with van der Waals surface area (Å²) < 4.78 is 5.37. The average Bonchev–Trinajstić information content (AvgIpc) is 3.34. The van der Waals surface area contributed by atoms with Crippen molar-refractivity contribution < 1.29 is 14.3 Å². The third-order valence-electron chi connectivity index (χ3n) is 5.18. The van der Waals surface area contributed by atoms with Crippen LogP contribution in [0.5, 0.6) is 0 Å². The lowest BCUT2D eigenvalue weighted by molar-refractivity contribution is -0.116. The molecule has 0 atom stereocenters. The number of nitrogens with zero attached hydrogens (tertiary/aromatic N) is 2. The number of thiophene rings is 1. The van der Waals surface area contributed by atoms with Crippen LogP contribution in [0.2, 0.25) is 0 Å². The second-order valence-corrected chi connectivity index (χ2v) is 8.55. The lowest BCUT2D eigenvalue weighted by Gasteiger charge is -2.28. The number of benzene rings is 1. The van der Waals surface area contributed by atoms with Crippen molar-refractivity contribution in [1.82, 2.24) is 4.98 Å². The fraction of sp³-hybridized carbons (Fsp3) is 0.292. The Bertz CT molecular complexity index is 1030. The summed E-state index contributed by atoms with van der Waals surface area (Å²) in [6, 6.07) is 14.8. The highest BCUT2D eigenvalue weighted by Gasteiger charge is 2.13. The maximum absolute atomic E-state index is 12.7. The van der Waals surface area contributed by atoms with Crippen LogP contribution in [0.4, 0.5) is 17.2 Å². The molecule has 1 fully saturated rings. The largest absolute Gasteiger partial charge is 0.378 e. The van der Waals surface area contributed by atoms with Gasteiger partial charge >= 0.3 is 0 Å². The minimum atomic E-state index is -0.273. The van der Waals surface area contributed by atoms with E-state index in [0.29, 0.717) is 36.7 Å². The van der Waals surface area contributed by atoms with E-state index in [2.05, 4.69) is 26.6 Å². The number of anilines is 3. The molecule has 1 saturated heterocycles. The molecule has 2 N–H and O–H groups in total. The summed E-state index contributed by atoms with van der Waals surface area (Å²) in [7, 11) is 0. The van der Waals surface area contributed by atoms with Crippen molar-refractivity contribution in [1.29, 1.82) is 0 Å². The first-order chi connectivity index (χ1) is 15.7. The van der Waals surface area contributed by atoms with Crippen LogP contribution < -0.4 is 15.5 Å². The van der Waals surface area contributed by atoms with Gasteiger partial charge in [0.05, 0.1) is 25.1 Å². The van der Waals surface area contributed by atoms with Gasteiger partial charge < -0.3 is 20.3 Å². The third-order valence-corrected chi connectivity index (χ3v) is 6.12. The first kappa shape index (κ1) is 22.0. The zero-order valence-corrected chi connectivity index (χ0v) is 18.6. The molecular weight excluding hydrogens is 424 g/mol. The second-order valence-electron chi connectivity index (χ2n) is 7.52. The molecule has 0 unspecified atom stereocenters. The van der Waals surface area contributed by atoms with Crippen molar-refractivity contribution in [2.45, 2.75) is 19.3 Å². The van der Waals surface area contributed by atoms with E-state index in [1.54, 1.807) is 47.9 Å². The molecule has 1 aliphatic heterocycles. The standard InChI is InChI=1S/C24H26N4O3S/c29-23(8-2-6-21-7-3-15-32-21)26-19-5-1-4-18(16-19)24(30)27-22-10-9-20(17-25-22)28-11-13-31-14-12-28/h1,3-5,7,9-10,15-17H,2,6,8,11-14H2,(H,26,29)(H,25,27,30). The number of amides is 2. The maximum atomic E-state index is 12.7. The van der Waals surface area contributed by atoms with Crippen molar-refractivity contribution in [2.75, 3.05) is 41.8 Å². The zero-order valence-electron chi connectivity index (χ0n) is 17.8. The number of carbonyl (C=O) groups is 2. The number of ether oxygens (including phenoxy) is 1. The van der Waals surface area contributed by atoms with E-state index in [1.807, 2.05) is 17.5 Å². The van der Waals surface area contributed by atoms with E-state index < -0.39 is 0 Å². The van der Waals surface area contributed by atoms with Crippen molar-refractivity contribution in [2.24, 2.45) is 0 Å². The molecular formula is C24H26N4O3S. The van der Waals surface area contributed by atoms with Gasteiger partial charge in [0.15, 0.2) is 0 Å². The monoisotopic (exact) mass is 450 g/mol. The van der Waals surface area contributed by atoms with Gasteiger partial charge in [0.1, 0.15) is 5.82 Å². The predicted molar refractivity (Wildman–Crippen MR) is 128 cm³/mol. The number of carbonyl (C=O) groups excluding carboxylic acids is 2. The summed E-state index contributed by atoms with van der Waals surface area (Å²) in [4.78, 5) is 32.7. The number of aromatic nitrogens is 1. The van der Waals surface area contributed by atoms with Gasteiger partial charge in [-0.25, -0.2) is 4.98 Å². The van der Waals surface area contributed by atoms with Gasteiger partial charge in [0.25, 0.3) is 5.91 Å². The van der Waals surface area contributed by atoms with Crippen molar-refractivity contribution in [3.05, 3.63) is 70.5 Å². The van der Waals surface area contributed by atoms with Crippen LogP contribution in [-0.2, 0) is 16.0 Å². The molecule has 2 amide bonds. The number of pyridine rings is 1. The minimum absolute atomic E-state index is 0.0560. The summed E-state index contributed by atoms with van der Waals surface area (Å²) in [6.45, 7) is 3.08. The normalized spacial score (nSPS) is 13.6. The first-order valence-electron chi connectivity index (χ1n) is 10.7. The molecule has 0 aliphatic carbocycles. The van der Waals surface area contributed by atoms with E-state index in [1.165, 1.54) is 4.88 Å². The Morgan fingerprint density at radius 2 is 1.94 bits per heavy atom. The molecule has 32 heavy (non-hydrogen) atoms. The van der Waals surface area contributed by atoms with Crippen molar-refractivity contribution in [3.8, 4) is 0 Å². The van der Waals surface area contributed by atoms with E-state index in [-0.39, 0.29) is 11.8 Å². The Morgan fingerprint density at radius 3 is 2.69 bits per heavy atom. The highest BCUT2D eigenvalue weighted by Crippen LogP contribution is 2.18. The summed E-state index contributed by atoms with van der Waals surface area (Å²) in [5.41, 5.74) is 2.07. The van der Waals surface area contributed by atoms with Gasteiger partial charge in [-0.15, -0.1) is 11.3 Å². The highest BCUT2D eigenvalue weighted by atomic mass is 32.1. The Morgan fingerprint density at radius 1 is 1.06 bits per heavy atom. The van der Waals surface area contributed by atoms with Crippen LogP contribution in [0.1, 0.15) is 28.1 Å². The highest BCUT2D eigenvalue weighted by molar-refractivity contribution is 7.09. The molecule has 3 aromatic rings. The van der Waals surface area contributed by atoms with Crippen molar-refractivity contribution in [3.63, 3.8) is 0 Å². The topological polar surface area (TPSA) is 83.6 Å². The molecule has 8 heteroatoms. The zero-order chi connectivity index (χ0) is 22.2. The van der Waals surface area contributed by atoms with Gasteiger partial charge in [-0.3, -0.25) is 9.59 Å². The van der Waals surface area contributed by atoms with E-state index in [9.17, 15) is 9.59 Å². The van der Waals surface area contributed by atoms with Gasteiger partial charge in [0, 0.05) is 35.6 Å². The molecule has 0 spiro atoms. The molecule has 4 rings (SSSR count). The Kier molecular flexibility index (Phi) is 7.47. The summed E-state index contributed by atoms with van der Waals surface area (Å²) in [5.74, 6) is 0.153. The fourth-order valence-corrected chi connectivity index (χ4v) is 4.25. The van der Waals surface area contributed by atoms with E-state index in [0.717, 1.165) is 31.6 Å². The molecule has 2 aromatic heterocycles. The molecule has 0 radical (unpaired) electrons. The number of rotatable bonds is 8. The van der Waals surface area contributed by atoms with E-state index >= 15 is 0 Å². The first-order valence-corrected chi connectivity index (χ1v) is 11.6. The van der Waals surface area contributed by atoms with Gasteiger partial charge in [-0.05, 0) is 54.6 Å². The number of aryl methyl sites for hydroxylation is 1. The molecule has 166 valence electrons. The van der Waals surface area contributed by atoms with Crippen LogP contribution in [-0.4, -0.2) is 43.1 Å². The van der Waals surface area contributed by atoms with Gasteiger partial charge in [-0.2, -0.15) is 0 Å². The summed E-state index contributed by atoms with van der Waals surface area (Å²) in [6.07, 6.45) is 3.88. The molecule has 1 aliphatic rings.